The van der Waals surface area contributed by atoms with Crippen molar-refractivity contribution in [1.29, 1.82) is 0 Å². The molecule has 0 saturated carbocycles. The number of hydrogen-bond acceptors (Lipinski definition) is 5. The SMILES string of the molecule is CCOc1cc(/C=C/C(=O)c2cn(CC)nc2C)ccc1OCC(=O)Nc1ccccc1C. The molecule has 33 heavy (non-hydrogen) atoms. The quantitative estimate of drug-likeness (QED) is 0.355. The molecule has 0 radical (unpaired) electrons. The lowest BCUT2D eigenvalue weighted by molar-refractivity contribution is -0.118. The van der Waals surface area contributed by atoms with E-state index in [4.69, 9.17) is 9.47 Å². The second kappa shape index (κ2) is 11.1. The molecule has 1 N–H and O–H groups in total. The van der Waals surface area contributed by atoms with E-state index >= 15 is 0 Å². The first-order chi connectivity index (χ1) is 15.9. The summed E-state index contributed by atoms with van der Waals surface area (Å²) in [6, 6.07) is 12.9. The van der Waals surface area contributed by atoms with Crippen LogP contribution in [0.25, 0.3) is 6.08 Å². The molecule has 3 aromatic rings. The molecule has 7 heteroatoms. The lowest BCUT2D eigenvalue weighted by atomic mass is 10.1. The van der Waals surface area contributed by atoms with E-state index in [2.05, 4.69) is 10.4 Å². The topological polar surface area (TPSA) is 82.5 Å². The van der Waals surface area contributed by atoms with Gasteiger partial charge in [-0.1, -0.05) is 30.3 Å². The minimum Gasteiger partial charge on any atom is -0.490 e. The van der Waals surface area contributed by atoms with Crippen LogP contribution in [0.3, 0.4) is 0 Å². The van der Waals surface area contributed by atoms with Crippen LogP contribution >= 0.6 is 0 Å². The maximum absolute atomic E-state index is 12.6. The first kappa shape index (κ1) is 23.8. The summed E-state index contributed by atoms with van der Waals surface area (Å²) in [5.74, 6) is 0.591. The molecular weight excluding hydrogens is 418 g/mol. The number of amides is 1. The number of hydrogen-bond donors (Lipinski definition) is 1. The summed E-state index contributed by atoms with van der Waals surface area (Å²) in [6.45, 7) is 8.59. The van der Waals surface area contributed by atoms with Crippen molar-refractivity contribution < 1.29 is 19.1 Å². The van der Waals surface area contributed by atoms with Gasteiger partial charge in [-0.3, -0.25) is 14.3 Å². The van der Waals surface area contributed by atoms with Crippen molar-refractivity contribution in [2.45, 2.75) is 34.2 Å². The highest BCUT2D eigenvalue weighted by Crippen LogP contribution is 2.29. The van der Waals surface area contributed by atoms with Crippen LogP contribution in [0.2, 0.25) is 0 Å². The van der Waals surface area contributed by atoms with E-state index in [1.54, 1.807) is 29.1 Å². The fraction of sp³-hybridized carbons (Fsp3) is 0.269. The molecule has 0 atom stereocenters. The Labute approximate surface area is 194 Å². The van der Waals surface area contributed by atoms with E-state index in [-0.39, 0.29) is 18.3 Å². The Bertz CT molecular complexity index is 1160. The molecular formula is C26H29N3O4. The Kier molecular flexibility index (Phi) is 8.02. The zero-order chi connectivity index (χ0) is 23.8. The number of benzene rings is 2. The Morgan fingerprint density at radius 1 is 1.06 bits per heavy atom. The zero-order valence-electron chi connectivity index (χ0n) is 19.4. The Hall–Kier alpha value is -3.87. The molecule has 0 saturated heterocycles. The van der Waals surface area contributed by atoms with Crippen LogP contribution in [0.1, 0.15) is 41.0 Å². The second-order valence-corrected chi connectivity index (χ2v) is 7.47. The van der Waals surface area contributed by atoms with Crippen molar-refractivity contribution >= 4 is 23.5 Å². The molecule has 1 heterocycles. The zero-order valence-corrected chi connectivity index (χ0v) is 19.4. The first-order valence-electron chi connectivity index (χ1n) is 10.9. The predicted molar refractivity (Wildman–Crippen MR) is 129 cm³/mol. The van der Waals surface area contributed by atoms with Gasteiger partial charge in [0.15, 0.2) is 23.9 Å². The number of carbonyl (C=O) groups is 2. The fourth-order valence-corrected chi connectivity index (χ4v) is 3.24. The molecule has 0 aliphatic rings. The van der Waals surface area contributed by atoms with Crippen LogP contribution in [-0.4, -0.2) is 34.7 Å². The molecule has 7 nitrogen and oxygen atoms in total. The number of carbonyl (C=O) groups excluding carboxylic acids is 2. The normalized spacial score (nSPS) is 10.9. The summed E-state index contributed by atoms with van der Waals surface area (Å²) < 4.78 is 13.1. The monoisotopic (exact) mass is 447 g/mol. The third-order valence-corrected chi connectivity index (χ3v) is 5.01. The van der Waals surface area contributed by atoms with Crippen LogP contribution in [0, 0.1) is 13.8 Å². The molecule has 2 aromatic carbocycles. The molecule has 0 bridgehead atoms. The van der Waals surface area contributed by atoms with Crippen molar-refractivity contribution in [3.05, 3.63) is 77.1 Å². The van der Waals surface area contributed by atoms with E-state index in [1.807, 2.05) is 58.0 Å². The lowest BCUT2D eigenvalue weighted by Gasteiger charge is -2.13. The summed E-state index contributed by atoms with van der Waals surface area (Å²) in [5.41, 5.74) is 3.79. The maximum atomic E-state index is 12.6. The maximum Gasteiger partial charge on any atom is 0.262 e. The molecule has 1 amide bonds. The van der Waals surface area contributed by atoms with Crippen molar-refractivity contribution in [2.24, 2.45) is 0 Å². The summed E-state index contributed by atoms with van der Waals surface area (Å²) in [5, 5.41) is 7.16. The van der Waals surface area contributed by atoms with Gasteiger partial charge in [-0.2, -0.15) is 5.10 Å². The second-order valence-electron chi connectivity index (χ2n) is 7.47. The van der Waals surface area contributed by atoms with Gasteiger partial charge >= 0.3 is 0 Å². The van der Waals surface area contributed by atoms with Gasteiger partial charge in [-0.05, 0) is 63.1 Å². The van der Waals surface area contributed by atoms with Gasteiger partial charge < -0.3 is 14.8 Å². The molecule has 3 rings (SSSR count). The Morgan fingerprint density at radius 3 is 2.55 bits per heavy atom. The molecule has 172 valence electrons. The number of nitrogens with one attached hydrogen (secondary N) is 1. The van der Waals surface area contributed by atoms with Crippen LogP contribution in [-0.2, 0) is 11.3 Å². The number of allylic oxidation sites excluding steroid dienone is 1. The minimum atomic E-state index is -0.260. The average molecular weight is 448 g/mol. The lowest BCUT2D eigenvalue weighted by Crippen LogP contribution is -2.20. The molecule has 0 unspecified atom stereocenters. The number of aromatic nitrogens is 2. The van der Waals surface area contributed by atoms with Crippen molar-refractivity contribution in [1.82, 2.24) is 9.78 Å². The third kappa shape index (κ3) is 6.32. The van der Waals surface area contributed by atoms with Gasteiger partial charge in [0.05, 0.1) is 17.9 Å². The highest BCUT2D eigenvalue weighted by molar-refractivity contribution is 6.07. The number of aryl methyl sites for hydroxylation is 3. The Balaban J connectivity index is 1.67. The number of ketones is 1. The molecule has 0 aliphatic heterocycles. The van der Waals surface area contributed by atoms with Gasteiger partial charge in [0, 0.05) is 18.4 Å². The van der Waals surface area contributed by atoms with Crippen molar-refractivity contribution in [3.8, 4) is 11.5 Å². The van der Waals surface area contributed by atoms with Gasteiger partial charge in [0.25, 0.3) is 5.91 Å². The van der Waals surface area contributed by atoms with Crippen molar-refractivity contribution in [3.63, 3.8) is 0 Å². The first-order valence-corrected chi connectivity index (χ1v) is 10.9. The van der Waals surface area contributed by atoms with Gasteiger partial charge in [-0.25, -0.2) is 0 Å². The fourth-order valence-electron chi connectivity index (χ4n) is 3.24. The van der Waals surface area contributed by atoms with Gasteiger partial charge in [0.2, 0.25) is 0 Å². The smallest absolute Gasteiger partial charge is 0.262 e. The van der Waals surface area contributed by atoms with Crippen LogP contribution in [0.4, 0.5) is 5.69 Å². The number of anilines is 1. The summed E-state index contributed by atoms with van der Waals surface area (Å²) in [6.07, 6.45) is 5.00. The summed E-state index contributed by atoms with van der Waals surface area (Å²) in [7, 11) is 0. The number of ether oxygens (including phenoxy) is 2. The molecule has 1 aromatic heterocycles. The number of rotatable bonds is 10. The highest BCUT2D eigenvalue weighted by atomic mass is 16.5. The van der Waals surface area contributed by atoms with E-state index in [0.717, 1.165) is 16.8 Å². The highest BCUT2D eigenvalue weighted by Gasteiger charge is 2.12. The van der Waals surface area contributed by atoms with Crippen LogP contribution in [0.15, 0.2) is 54.7 Å². The number of nitrogens with zero attached hydrogens (tertiary/aromatic N) is 2. The summed E-state index contributed by atoms with van der Waals surface area (Å²) >= 11 is 0. The largest absolute Gasteiger partial charge is 0.490 e. The third-order valence-electron chi connectivity index (χ3n) is 5.01. The van der Waals surface area contributed by atoms with Crippen LogP contribution < -0.4 is 14.8 Å². The molecule has 0 fully saturated rings. The van der Waals surface area contributed by atoms with E-state index in [0.29, 0.717) is 35.9 Å². The average Bonchev–Trinajstić information content (AvgIpc) is 3.19. The Morgan fingerprint density at radius 2 is 1.85 bits per heavy atom. The van der Waals surface area contributed by atoms with Crippen molar-refractivity contribution in [2.75, 3.05) is 18.5 Å². The molecule has 0 spiro atoms. The van der Waals surface area contributed by atoms with E-state index in [9.17, 15) is 9.59 Å². The van der Waals surface area contributed by atoms with Gasteiger partial charge in [0.1, 0.15) is 0 Å². The number of para-hydroxylation sites is 1. The standard InChI is InChI=1S/C26H29N3O4/c1-5-29-16-21(19(4)28-29)23(30)13-11-20-12-14-24(25(15-20)32-6-2)33-17-26(31)27-22-10-8-7-9-18(22)3/h7-16H,5-6,17H2,1-4H3,(H,27,31)/b13-11+. The van der Waals surface area contributed by atoms with Gasteiger partial charge in [-0.15, -0.1) is 0 Å². The van der Waals surface area contributed by atoms with E-state index < -0.39 is 0 Å². The summed E-state index contributed by atoms with van der Waals surface area (Å²) in [4.78, 5) is 24.9. The minimum absolute atomic E-state index is 0.113. The molecule has 0 aliphatic carbocycles. The predicted octanol–water partition coefficient (Wildman–Crippen LogP) is 4.83. The van der Waals surface area contributed by atoms with E-state index in [1.165, 1.54) is 6.08 Å². The van der Waals surface area contributed by atoms with Crippen LogP contribution in [0.5, 0.6) is 11.5 Å².